The molecule has 8 heteroatoms. The van der Waals surface area contributed by atoms with E-state index in [0.29, 0.717) is 6.54 Å². The van der Waals surface area contributed by atoms with Gasteiger partial charge in [0.25, 0.3) is 0 Å². The maximum absolute atomic E-state index is 12.0. The first-order valence-electron chi connectivity index (χ1n) is 7.14. The second kappa shape index (κ2) is 9.26. The van der Waals surface area contributed by atoms with Crippen molar-refractivity contribution >= 4 is 39.5 Å². The van der Waals surface area contributed by atoms with Crippen molar-refractivity contribution in [1.29, 1.82) is 0 Å². The lowest BCUT2D eigenvalue weighted by Gasteiger charge is -2.16. The van der Waals surface area contributed by atoms with E-state index in [-0.39, 0.29) is 19.0 Å². The predicted molar refractivity (Wildman–Crippen MR) is 92.2 cm³/mol. The van der Waals surface area contributed by atoms with E-state index in [9.17, 15) is 14.4 Å². The van der Waals surface area contributed by atoms with Crippen molar-refractivity contribution in [1.82, 2.24) is 15.5 Å². The molecule has 4 amide bonds. The maximum Gasteiger partial charge on any atom is 0.321 e. The largest absolute Gasteiger partial charge is 0.338 e. The Hall–Kier alpha value is -1.93. The van der Waals surface area contributed by atoms with Crippen LogP contribution in [0.1, 0.15) is 12.5 Å². The molecule has 0 aliphatic heterocycles. The van der Waals surface area contributed by atoms with Crippen LogP contribution in [0.2, 0.25) is 0 Å². The van der Waals surface area contributed by atoms with E-state index in [1.54, 1.807) is 20.0 Å². The van der Waals surface area contributed by atoms with Crippen molar-refractivity contribution in [2.75, 3.05) is 32.0 Å². The molecule has 0 fully saturated rings. The molecular weight excluding hydrogens is 364 g/mol. The molecule has 0 spiro atoms. The number of likely N-dealkylation sites (N-methyl/N-ethyl adjacent to an activating group) is 1. The molecule has 0 radical (unpaired) electrons. The van der Waals surface area contributed by atoms with Gasteiger partial charge in [0.05, 0.1) is 13.1 Å². The number of urea groups is 1. The lowest BCUT2D eigenvalue weighted by atomic mass is 10.2. The molecule has 3 N–H and O–H groups in total. The molecule has 126 valence electrons. The Bertz CT molecular complexity index is 592. The Morgan fingerprint density at radius 2 is 1.83 bits per heavy atom. The number of rotatable bonds is 6. The zero-order chi connectivity index (χ0) is 17.4. The zero-order valence-corrected chi connectivity index (χ0v) is 15.0. The Kier molecular flexibility index (Phi) is 7.70. The highest BCUT2D eigenvalue weighted by Gasteiger charge is 2.13. The van der Waals surface area contributed by atoms with Crippen LogP contribution >= 0.6 is 15.9 Å². The summed E-state index contributed by atoms with van der Waals surface area (Å²) >= 11 is 3.36. The first kappa shape index (κ1) is 19.1. The third-order valence-electron chi connectivity index (χ3n) is 2.88. The van der Waals surface area contributed by atoms with Crippen molar-refractivity contribution in [2.24, 2.45) is 0 Å². The fraction of sp³-hybridized carbons (Fsp3) is 0.400. The zero-order valence-electron chi connectivity index (χ0n) is 13.4. The molecule has 0 aromatic heterocycles. The smallest absolute Gasteiger partial charge is 0.321 e. The molecule has 1 aromatic rings. The number of amides is 4. The molecule has 0 bridgehead atoms. The summed E-state index contributed by atoms with van der Waals surface area (Å²) in [7, 11) is 1.63. The minimum Gasteiger partial charge on any atom is -0.338 e. The highest BCUT2D eigenvalue weighted by Crippen LogP contribution is 2.19. The monoisotopic (exact) mass is 384 g/mol. The first-order valence-corrected chi connectivity index (χ1v) is 7.93. The molecule has 23 heavy (non-hydrogen) atoms. The van der Waals surface area contributed by atoms with Gasteiger partial charge < -0.3 is 10.6 Å². The molecule has 0 saturated carbocycles. The van der Waals surface area contributed by atoms with Crippen molar-refractivity contribution in [3.8, 4) is 0 Å². The van der Waals surface area contributed by atoms with Gasteiger partial charge in [-0.05, 0) is 44.7 Å². The van der Waals surface area contributed by atoms with Crippen LogP contribution in [0, 0.1) is 6.92 Å². The van der Waals surface area contributed by atoms with Gasteiger partial charge in [-0.3, -0.25) is 19.8 Å². The fourth-order valence-corrected chi connectivity index (χ4v) is 2.35. The van der Waals surface area contributed by atoms with Crippen LogP contribution in [0.4, 0.5) is 10.5 Å². The van der Waals surface area contributed by atoms with Crippen molar-refractivity contribution < 1.29 is 14.4 Å². The molecule has 0 saturated heterocycles. The maximum atomic E-state index is 12.0. The average molecular weight is 385 g/mol. The van der Waals surface area contributed by atoms with Gasteiger partial charge >= 0.3 is 6.03 Å². The number of imide groups is 1. The Morgan fingerprint density at radius 1 is 1.17 bits per heavy atom. The molecule has 0 heterocycles. The van der Waals surface area contributed by atoms with Gasteiger partial charge in [0.15, 0.2) is 0 Å². The quantitative estimate of drug-likeness (QED) is 0.692. The predicted octanol–water partition coefficient (Wildman–Crippen LogP) is 1.47. The molecule has 1 aromatic carbocycles. The number of carbonyl (C=O) groups excluding carboxylic acids is 3. The van der Waals surface area contributed by atoms with E-state index in [2.05, 4.69) is 31.9 Å². The van der Waals surface area contributed by atoms with Gasteiger partial charge in [0.1, 0.15) is 0 Å². The Morgan fingerprint density at radius 3 is 2.43 bits per heavy atom. The second-order valence-electron chi connectivity index (χ2n) is 5.09. The number of hydrogen-bond acceptors (Lipinski definition) is 4. The van der Waals surface area contributed by atoms with Crippen LogP contribution in [-0.2, 0) is 9.59 Å². The van der Waals surface area contributed by atoms with E-state index < -0.39 is 11.9 Å². The van der Waals surface area contributed by atoms with Crippen molar-refractivity contribution in [3.05, 3.63) is 28.2 Å². The van der Waals surface area contributed by atoms with E-state index in [1.165, 1.54) is 4.90 Å². The average Bonchev–Trinajstić information content (AvgIpc) is 2.41. The Balaban J connectivity index is 2.44. The number of anilines is 1. The topological polar surface area (TPSA) is 90.5 Å². The van der Waals surface area contributed by atoms with E-state index in [0.717, 1.165) is 15.7 Å². The van der Waals surface area contributed by atoms with Crippen LogP contribution in [0.15, 0.2) is 22.7 Å². The summed E-state index contributed by atoms with van der Waals surface area (Å²) in [5.41, 5.74) is 1.66. The van der Waals surface area contributed by atoms with Crippen LogP contribution in [0.5, 0.6) is 0 Å². The highest BCUT2D eigenvalue weighted by atomic mass is 79.9. The van der Waals surface area contributed by atoms with Gasteiger partial charge in [-0.1, -0.05) is 15.9 Å². The summed E-state index contributed by atoms with van der Waals surface area (Å²) in [5, 5.41) is 7.43. The van der Waals surface area contributed by atoms with Crippen molar-refractivity contribution in [3.63, 3.8) is 0 Å². The minimum atomic E-state index is -0.541. The number of benzene rings is 1. The molecule has 7 nitrogen and oxygen atoms in total. The van der Waals surface area contributed by atoms with Gasteiger partial charge in [-0.2, -0.15) is 0 Å². The van der Waals surface area contributed by atoms with Gasteiger partial charge in [-0.15, -0.1) is 0 Å². The third kappa shape index (κ3) is 7.25. The number of nitrogens with one attached hydrogen (secondary N) is 3. The molecular formula is C15H21BrN4O3. The SMILES string of the molecule is CCNC(=O)NC(=O)CN(C)CC(=O)Nc1ccc(Br)cc1C. The van der Waals surface area contributed by atoms with E-state index in [4.69, 9.17) is 0 Å². The molecule has 1 rings (SSSR count). The van der Waals surface area contributed by atoms with Crippen molar-refractivity contribution in [2.45, 2.75) is 13.8 Å². The van der Waals surface area contributed by atoms with Crippen LogP contribution in [-0.4, -0.2) is 49.4 Å². The summed E-state index contributed by atoms with van der Waals surface area (Å²) < 4.78 is 0.937. The molecule has 0 unspecified atom stereocenters. The van der Waals surface area contributed by atoms with E-state index in [1.807, 2.05) is 19.1 Å². The summed E-state index contributed by atoms with van der Waals surface area (Å²) in [6, 6.07) is 5.01. The molecule has 0 aliphatic rings. The fourth-order valence-electron chi connectivity index (χ4n) is 1.87. The highest BCUT2D eigenvalue weighted by molar-refractivity contribution is 9.10. The van der Waals surface area contributed by atoms with Crippen LogP contribution in [0.25, 0.3) is 0 Å². The lowest BCUT2D eigenvalue weighted by Crippen LogP contribution is -2.44. The van der Waals surface area contributed by atoms with Gasteiger partial charge in [-0.25, -0.2) is 4.79 Å². The van der Waals surface area contributed by atoms with E-state index >= 15 is 0 Å². The summed E-state index contributed by atoms with van der Waals surface area (Å²) in [4.78, 5) is 36.4. The number of aryl methyl sites for hydroxylation is 1. The normalized spacial score (nSPS) is 10.3. The standard InChI is InChI=1S/C15H21BrN4O3/c1-4-17-15(23)19-14(22)9-20(3)8-13(21)18-12-6-5-11(16)7-10(12)2/h5-7H,4,8-9H2,1-3H3,(H,18,21)(H2,17,19,22,23). The molecule has 0 atom stereocenters. The first-order chi connectivity index (χ1) is 10.8. The lowest BCUT2D eigenvalue weighted by molar-refractivity contribution is -0.122. The van der Waals surface area contributed by atoms with Gasteiger partial charge in [0, 0.05) is 16.7 Å². The third-order valence-corrected chi connectivity index (χ3v) is 3.37. The summed E-state index contributed by atoms with van der Waals surface area (Å²) in [5.74, 6) is -0.699. The second-order valence-corrected chi connectivity index (χ2v) is 6.00. The minimum absolute atomic E-state index is 0.0400. The summed E-state index contributed by atoms with van der Waals surface area (Å²) in [6.45, 7) is 4.07. The van der Waals surface area contributed by atoms with Gasteiger partial charge in [0.2, 0.25) is 11.8 Å². The van der Waals surface area contributed by atoms with Crippen LogP contribution in [0.3, 0.4) is 0 Å². The summed E-state index contributed by atoms with van der Waals surface area (Å²) in [6.07, 6.45) is 0. The number of carbonyl (C=O) groups is 3. The number of halogens is 1. The number of nitrogens with zero attached hydrogens (tertiary/aromatic N) is 1. The molecule has 0 aliphatic carbocycles. The Labute approximate surface area is 143 Å². The van der Waals surface area contributed by atoms with Crippen LogP contribution < -0.4 is 16.0 Å². The number of hydrogen-bond donors (Lipinski definition) is 3.